The zero-order chi connectivity index (χ0) is 14.8. The number of benzene rings is 1. The Kier molecular flexibility index (Phi) is 7.92. The molecule has 0 unspecified atom stereocenters. The minimum Gasteiger partial charge on any atom is -0.356 e. The van der Waals surface area contributed by atoms with Crippen LogP contribution >= 0.6 is 0 Å². The molecule has 0 heterocycles. The number of unbranched alkanes of at least 4 members (excludes halogenated alkanes) is 2. The highest BCUT2D eigenvalue weighted by Crippen LogP contribution is 2.15. The maximum atomic E-state index is 11.7. The van der Waals surface area contributed by atoms with E-state index in [-0.39, 0.29) is 5.91 Å². The first-order valence-electron chi connectivity index (χ1n) is 7.49. The summed E-state index contributed by atoms with van der Waals surface area (Å²) in [6, 6.07) is 6.03. The first-order valence-corrected chi connectivity index (χ1v) is 7.49. The van der Waals surface area contributed by atoms with Crippen LogP contribution in [0.1, 0.15) is 49.3 Å². The van der Waals surface area contributed by atoms with Crippen molar-refractivity contribution in [1.29, 1.82) is 0 Å². The van der Waals surface area contributed by atoms with Crippen LogP contribution in [0.25, 0.3) is 0 Å². The van der Waals surface area contributed by atoms with E-state index in [0.29, 0.717) is 26.1 Å². The third kappa shape index (κ3) is 5.31. The molecule has 0 bridgehead atoms. The van der Waals surface area contributed by atoms with Crippen molar-refractivity contribution in [3.05, 3.63) is 34.9 Å². The first kappa shape index (κ1) is 16.7. The predicted molar refractivity (Wildman–Crippen MR) is 83.1 cm³/mol. The van der Waals surface area contributed by atoms with Crippen molar-refractivity contribution in [3.63, 3.8) is 0 Å². The van der Waals surface area contributed by atoms with Crippen molar-refractivity contribution in [3.8, 4) is 0 Å². The predicted octanol–water partition coefficient (Wildman–Crippen LogP) is 1.84. The Labute approximate surface area is 121 Å². The Morgan fingerprint density at radius 3 is 2.35 bits per heavy atom. The smallest absolute Gasteiger partial charge is 0.220 e. The molecule has 1 rings (SSSR count). The maximum absolute atomic E-state index is 11.7. The number of hydrogen-bond donors (Lipinski definition) is 3. The van der Waals surface area contributed by atoms with Gasteiger partial charge in [0.15, 0.2) is 0 Å². The highest BCUT2D eigenvalue weighted by atomic mass is 16.1. The first-order chi connectivity index (χ1) is 9.72. The van der Waals surface area contributed by atoms with Crippen molar-refractivity contribution in [2.75, 3.05) is 6.54 Å². The fourth-order valence-corrected chi connectivity index (χ4v) is 2.34. The number of nitrogens with two attached hydrogens (primary N) is 2. The highest BCUT2D eigenvalue weighted by molar-refractivity contribution is 5.75. The summed E-state index contributed by atoms with van der Waals surface area (Å²) in [5.41, 5.74) is 14.9. The van der Waals surface area contributed by atoms with Gasteiger partial charge in [0.1, 0.15) is 0 Å². The zero-order valence-electron chi connectivity index (χ0n) is 12.5. The maximum Gasteiger partial charge on any atom is 0.220 e. The van der Waals surface area contributed by atoms with Crippen LogP contribution in [0, 0.1) is 0 Å². The molecule has 0 aliphatic carbocycles. The second-order valence-corrected chi connectivity index (χ2v) is 5.02. The van der Waals surface area contributed by atoms with Gasteiger partial charge in [-0.15, -0.1) is 0 Å². The van der Waals surface area contributed by atoms with E-state index in [2.05, 4.69) is 12.2 Å². The highest BCUT2D eigenvalue weighted by Gasteiger charge is 2.07. The Balaban J connectivity index is 2.47. The molecule has 0 fully saturated rings. The molecule has 0 radical (unpaired) electrons. The Morgan fingerprint density at radius 2 is 1.80 bits per heavy atom. The lowest BCUT2D eigenvalue weighted by Gasteiger charge is -2.13. The summed E-state index contributed by atoms with van der Waals surface area (Å²) in [6.45, 7) is 3.80. The quantitative estimate of drug-likeness (QED) is 0.602. The molecular formula is C16H27N3O. The molecule has 4 nitrogen and oxygen atoms in total. The van der Waals surface area contributed by atoms with Gasteiger partial charge in [0.2, 0.25) is 5.91 Å². The van der Waals surface area contributed by atoms with Crippen LogP contribution in [0.5, 0.6) is 0 Å². The molecule has 1 aromatic rings. The van der Waals surface area contributed by atoms with Crippen molar-refractivity contribution < 1.29 is 4.79 Å². The number of nitrogens with one attached hydrogen (secondary N) is 1. The molecule has 0 spiro atoms. The van der Waals surface area contributed by atoms with E-state index in [1.807, 2.05) is 18.2 Å². The Morgan fingerprint density at radius 1 is 1.15 bits per heavy atom. The van der Waals surface area contributed by atoms with Crippen LogP contribution in [0.15, 0.2) is 18.2 Å². The molecule has 5 N–H and O–H groups in total. The minimum absolute atomic E-state index is 0.137. The van der Waals surface area contributed by atoms with Crippen molar-refractivity contribution in [2.24, 2.45) is 11.5 Å². The average Bonchev–Trinajstić information content (AvgIpc) is 2.47. The van der Waals surface area contributed by atoms with Gasteiger partial charge in [-0.2, -0.15) is 0 Å². The molecule has 0 aromatic heterocycles. The lowest BCUT2D eigenvalue weighted by Crippen LogP contribution is -2.26. The molecule has 0 saturated carbocycles. The molecule has 0 aliphatic rings. The van der Waals surface area contributed by atoms with Gasteiger partial charge >= 0.3 is 0 Å². The Bertz CT molecular complexity index is 396. The fourth-order valence-electron chi connectivity index (χ4n) is 2.34. The van der Waals surface area contributed by atoms with E-state index in [9.17, 15) is 4.79 Å². The number of hydrogen-bond acceptors (Lipinski definition) is 3. The zero-order valence-corrected chi connectivity index (χ0v) is 12.5. The van der Waals surface area contributed by atoms with E-state index in [1.165, 1.54) is 5.56 Å². The average molecular weight is 277 g/mol. The van der Waals surface area contributed by atoms with E-state index < -0.39 is 0 Å². The van der Waals surface area contributed by atoms with Gasteiger partial charge in [-0.25, -0.2) is 0 Å². The standard InChI is InChI=1S/C16H27N3O/c1-2-3-4-8-16(20)19-10-9-15-13(11-17)6-5-7-14(15)12-18/h5-7H,2-4,8-12,17-18H2,1H3,(H,19,20). The van der Waals surface area contributed by atoms with Crippen molar-refractivity contribution in [2.45, 2.75) is 52.1 Å². The van der Waals surface area contributed by atoms with Crippen LogP contribution in [0.2, 0.25) is 0 Å². The summed E-state index contributed by atoms with van der Waals surface area (Å²) in [5, 5.41) is 2.97. The lowest BCUT2D eigenvalue weighted by molar-refractivity contribution is -0.121. The largest absolute Gasteiger partial charge is 0.356 e. The topological polar surface area (TPSA) is 81.1 Å². The molecule has 20 heavy (non-hydrogen) atoms. The Hall–Kier alpha value is -1.39. The SMILES string of the molecule is CCCCCC(=O)NCCc1c(CN)cccc1CN. The third-order valence-corrected chi connectivity index (χ3v) is 3.51. The van der Waals surface area contributed by atoms with Gasteiger partial charge in [-0.05, 0) is 29.5 Å². The number of carbonyl (C=O) groups excluding carboxylic acids is 1. The monoisotopic (exact) mass is 277 g/mol. The van der Waals surface area contributed by atoms with Gasteiger partial charge in [-0.3, -0.25) is 4.79 Å². The van der Waals surface area contributed by atoms with Gasteiger partial charge in [0.05, 0.1) is 0 Å². The van der Waals surface area contributed by atoms with Gasteiger partial charge in [0, 0.05) is 26.1 Å². The number of rotatable bonds is 9. The normalized spacial score (nSPS) is 10.6. The molecule has 1 amide bonds. The minimum atomic E-state index is 0.137. The molecule has 0 atom stereocenters. The second kappa shape index (κ2) is 9.50. The van der Waals surface area contributed by atoms with Crippen molar-refractivity contribution >= 4 is 5.91 Å². The van der Waals surface area contributed by atoms with Crippen LogP contribution in [0.4, 0.5) is 0 Å². The van der Waals surface area contributed by atoms with E-state index in [1.54, 1.807) is 0 Å². The summed E-state index contributed by atoms with van der Waals surface area (Å²) < 4.78 is 0. The second-order valence-electron chi connectivity index (χ2n) is 5.02. The van der Waals surface area contributed by atoms with E-state index in [0.717, 1.165) is 36.8 Å². The molecule has 0 aliphatic heterocycles. The number of amides is 1. The lowest BCUT2D eigenvalue weighted by atomic mass is 9.98. The molecule has 112 valence electrons. The molecular weight excluding hydrogens is 250 g/mol. The summed E-state index contributed by atoms with van der Waals surface area (Å²) in [5.74, 6) is 0.137. The molecule has 0 saturated heterocycles. The van der Waals surface area contributed by atoms with Crippen LogP contribution in [-0.2, 0) is 24.3 Å². The number of carbonyl (C=O) groups is 1. The summed E-state index contributed by atoms with van der Waals surface area (Å²) >= 11 is 0. The van der Waals surface area contributed by atoms with Gasteiger partial charge in [0.25, 0.3) is 0 Å². The fraction of sp³-hybridized carbons (Fsp3) is 0.562. The summed E-state index contributed by atoms with van der Waals surface area (Å²) in [4.78, 5) is 11.7. The summed E-state index contributed by atoms with van der Waals surface area (Å²) in [6.07, 6.45) is 4.63. The van der Waals surface area contributed by atoms with Crippen molar-refractivity contribution in [1.82, 2.24) is 5.32 Å². The van der Waals surface area contributed by atoms with Crippen LogP contribution < -0.4 is 16.8 Å². The van der Waals surface area contributed by atoms with Gasteiger partial charge < -0.3 is 16.8 Å². The summed E-state index contributed by atoms with van der Waals surface area (Å²) in [7, 11) is 0. The van der Waals surface area contributed by atoms with Gasteiger partial charge in [-0.1, -0.05) is 38.0 Å². The molecule has 4 heteroatoms. The van der Waals surface area contributed by atoms with Crippen LogP contribution in [-0.4, -0.2) is 12.5 Å². The third-order valence-electron chi connectivity index (χ3n) is 3.51. The molecule has 1 aromatic carbocycles. The van der Waals surface area contributed by atoms with Crippen LogP contribution in [0.3, 0.4) is 0 Å². The van der Waals surface area contributed by atoms with E-state index in [4.69, 9.17) is 11.5 Å². The van der Waals surface area contributed by atoms with E-state index >= 15 is 0 Å².